The van der Waals surface area contributed by atoms with Gasteiger partial charge in [-0.05, 0) is 45.2 Å². The van der Waals surface area contributed by atoms with Crippen molar-refractivity contribution in [1.82, 2.24) is 4.90 Å². The van der Waals surface area contributed by atoms with Gasteiger partial charge in [-0.25, -0.2) is 0 Å². The van der Waals surface area contributed by atoms with Gasteiger partial charge in [-0.2, -0.15) is 0 Å². The molecule has 0 N–H and O–H groups in total. The monoisotopic (exact) mass is 209 g/mol. The van der Waals surface area contributed by atoms with E-state index in [4.69, 9.17) is 0 Å². The predicted octanol–water partition coefficient (Wildman–Crippen LogP) is 4.00. The molecule has 1 fully saturated rings. The van der Waals surface area contributed by atoms with Gasteiger partial charge in [-0.3, -0.25) is 4.90 Å². The van der Waals surface area contributed by atoms with Crippen molar-refractivity contribution in [1.29, 1.82) is 0 Å². The minimum Gasteiger partial charge on any atom is -0.300 e. The molecule has 0 unspecified atom stereocenters. The highest BCUT2D eigenvalue weighted by Gasteiger charge is 2.08. The summed E-state index contributed by atoms with van der Waals surface area (Å²) in [7, 11) is 0. The maximum Gasteiger partial charge on any atom is 0.0165 e. The van der Waals surface area contributed by atoms with E-state index in [1.807, 2.05) is 0 Å². The Labute approximate surface area is 95.5 Å². The first-order valence-electron chi connectivity index (χ1n) is 6.77. The predicted molar refractivity (Wildman–Crippen MR) is 68.2 cm³/mol. The lowest BCUT2D eigenvalue weighted by Gasteiger charge is -2.25. The van der Waals surface area contributed by atoms with E-state index in [9.17, 15) is 0 Å². The van der Waals surface area contributed by atoms with Crippen LogP contribution in [0.25, 0.3) is 0 Å². The van der Waals surface area contributed by atoms with Gasteiger partial charge in [0.1, 0.15) is 0 Å². The topological polar surface area (TPSA) is 3.24 Å². The Bertz CT molecular complexity index is 178. The number of nitrogens with zero attached hydrogens (tertiary/aromatic N) is 1. The minimum atomic E-state index is 1.20. The molecule has 0 aliphatic carbocycles. The first kappa shape index (κ1) is 12.8. The average Bonchev–Trinajstić information content (AvgIpc) is 2.31. The zero-order valence-corrected chi connectivity index (χ0v) is 10.6. The van der Waals surface area contributed by atoms with Gasteiger partial charge in [-0.15, -0.1) is 0 Å². The number of hydrogen-bond donors (Lipinski definition) is 0. The molecule has 1 heterocycles. The van der Waals surface area contributed by atoms with Gasteiger partial charge in [0.05, 0.1) is 0 Å². The van der Waals surface area contributed by atoms with E-state index < -0.39 is 0 Å². The summed E-state index contributed by atoms with van der Waals surface area (Å²) in [5.74, 6) is 0. The molecule has 0 spiro atoms. The van der Waals surface area contributed by atoms with Crippen LogP contribution in [-0.2, 0) is 0 Å². The van der Waals surface area contributed by atoms with Gasteiger partial charge in [0.15, 0.2) is 0 Å². The first-order chi connectivity index (χ1) is 7.36. The van der Waals surface area contributed by atoms with E-state index in [0.717, 1.165) is 0 Å². The standard InChI is InChI=1S/C14H27N/c1-3-5-9-14(4-2)10-13-15-11-7-6-8-12-15/h10H,3-9,11-13H2,1-2H3/b14-10-. The van der Waals surface area contributed by atoms with Crippen molar-refractivity contribution in [3.05, 3.63) is 11.6 Å². The minimum absolute atomic E-state index is 1.20. The summed E-state index contributed by atoms with van der Waals surface area (Å²) in [4.78, 5) is 2.60. The average molecular weight is 209 g/mol. The SMILES string of the molecule is CCCC/C(=C\CN1CCCCC1)CC. The lowest BCUT2D eigenvalue weighted by atomic mass is 10.1. The molecule has 15 heavy (non-hydrogen) atoms. The molecule has 0 saturated carbocycles. The van der Waals surface area contributed by atoms with Crippen molar-refractivity contribution in [2.75, 3.05) is 19.6 Å². The van der Waals surface area contributed by atoms with E-state index >= 15 is 0 Å². The third-order valence-electron chi connectivity index (χ3n) is 3.39. The summed E-state index contributed by atoms with van der Waals surface area (Å²) in [6.45, 7) is 8.41. The fourth-order valence-corrected chi connectivity index (χ4v) is 2.23. The van der Waals surface area contributed by atoms with Crippen LogP contribution in [0.15, 0.2) is 11.6 Å². The molecule has 88 valence electrons. The maximum atomic E-state index is 2.60. The lowest BCUT2D eigenvalue weighted by Crippen LogP contribution is -2.29. The van der Waals surface area contributed by atoms with Gasteiger partial charge in [0, 0.05) is 6.54 Å². The number of likely N-dealkylation sites (tertiary alicyclic amines) is 1. The normalized spacial score (nSPS) is 19.5. The highest BCUT2D eigenvalue weighted by atomic mass is 15.1. The summed E-state index contributed by atoms with van der Waals surface area (Å²) >= 11 is 0. The molecule has 0 aromatic heterocycles. The number of unbranched alkanes of at least 4 members (excludes halogenated alkanes) is 1. The van der Waals surface area contributed by atoms with Crippen LogP contribution in [0.5, 0.6) is 0 Å². The number of piperidine rings is 1. The Hall–Kier alpha value is -0.300. The summed E-state index contributed by atoms with van der Waals surface area (Å²) in [5.41, 5.74) is 1.67. The second-order valence-corrected chi connectivity index (χ2v) is 4.68. The van der Waals surface area contributed by atoms with Crippen LogP contribution < -0.4 is 0 Å². The molecule has 0 radical (unpaired) electrons. The highest BCUT2D eigenvalue weighted by molar-refractivity contribution is 5.02. The van der Waals surface area contributed by atoms with E-state index in [2.05, 4.69) is 24.8 Å². The molecule has 1 aliphatic rings. The quantitative estimate of drug-likeness (QED) is 0.598. The van der Waals surface area contributed by atoms with Gasteiger partial charge in [0.2, 0.25) is 0 Å². The molecule has 0 atom stereocenters. The summed E-state index contributed by atoms with van der Waals surface area (Å²) in [6.07, 6.45) is 12.0. The Kier molecular flexibility index (Phi) is 6.74. The molecule has 0 aromatic carbocycles. The fourth-order valence-electron chi connectivity index (χ4n) is 2.23. The molecule has 1 saturated heterocycles. The van der Waals surface area contributed by atoms with Crippen LogP contribution in [-0.4, -0.2) is 24.5 Å². The van der Waals surface area contributed by atoms with E-state index in [0.29, 0.717) is 0 Å². The van der Waals surface area contributed by atoms with E-state index in [-0.39, 0.29) is 0 Å². The van der Waals surface area contributed by atoms with Crippen molar-refractivity contribution >= 4 is 0 Å². The molecule has 0 amide bonds. The molecule has 0 bridgehead atoms. The van der Waals surface area contributed by atoms with Crippen molar-refractivity contribution in [3.8, 4) is 0 Å². The first-order valence-corrected chi connectivity index (χ1v) is 6.77. The van der Waals surface area contributed by atoms with Gasteiger partial charge in [-0.1, -0.05) is 38.3 Å². The van der Waals surface area contributed by atoms with Crippen molar-refractivity contribution in [2.45, 2.75) is 58.8 Å². The largest absolute Gasteiger partial charge is 0.300 e. The second-order valence-electron chi connectivity index (χ2n) is 4.68. The Morgan fingerprint density at radius 1 is 1.13 bits per heavy atom. The summed E-state index contributed by atoms with van der Waals surface area (Å²) < 4.78 is 0. The van der Waals surface area contributed by atoms with Crippen LogP contribution in [0.4, 0.5) is 0 Å². The lowest BCUT2D eigenvalue weighted by molar-refractivity contribution is 0.251. The van der Waals surface area contributed by atoms with Crippen LogP contribution in [0.2, 0.25) is 0 Å². The molecule has 1 nitrogen and oxygen atoms in total. The number of rotatable bonds is 6. The van der Waals surface area contributed by atoms with Crippen LogP contribution in [0, 0.1) is 0 Å². The van der Waals surface area contributed by atoms with Crippen LogP contribution >= 0.6 is 0 Å². The van der Waals surface area contributed by atoms with Gasteiger partial charge < -0.3 is 0 Å². The Morgan fingerprint density at radius 3 is 2.47 bits per heavy atom. The molecule has 1 heteroatoms. The zero-order chi connectivity index (χ0) is 10.9. The van der Waals surface area contributed by atoms with Crippen LogP contribution in [0.3, 0.4) is 0 Å². The maximum absolute atomic E-state index is 2.60. The zero-order valence-electron chi connectivity index (χ0n) is 10.6. The number of hydrogen-bond acceptors (Lipinski definition) is 1. The van der Waals surface area contributed by atoms with Crippen molar-refractivity contribution < 1.29 is 0 Å². The number of allylic oxidation sites excluding steroid dienone is 1. The smallest absolute Gasteiger partial charge is 0.0165 e. The Morgan fingerprint density at radius 2 is 1.87 bits per heavy atom. The second kappa shape index (κ2) is 7.92. The third-order valence-corrected chi connectivity index (χ3v) is 3.39. The molecule has 0 aromatic rings. The van der Waals surface area contributed by atoms with Gasteiger partial charge >= 0.3 is 0 Å². The third kappa shape index (κ3) is 5.36. The van der Waals surface area contributed by atoms with E-state index in [1.165, 1.54) is 64.6 Å². The summed E-state index contributed by atoms with van der Waals surface area (Å²) in [5, 5.41) is 0. The molecule has 1 rings (SSSR count). The molecular weight excluding hydrogens is 182 g/mol. The van der Waals surface area contributed by atoms with Crippen LogP contribution in [0.1, 0.15) is 58.8 Å². The van der Waals surface area contributed by atoms with Crippen molar-refractivity contribution in [2.24, 2.45) is 0 Å². The fraction of sp³-hybridized carbons (Fsp3) is 0.857. The Balaban J connectivity index is 2.25. The van der Waals surface area contributed by atoms with E-state index in [1.54, 1.807) is 5.57 Å². The molecule has 1 aliphatic heterocycles. The highest BCUT2D eigenvalue weighted by Crippen LogP contribution is 2.13. The van der Waals surface area contributed by atoms with Gasteiger partial charge in [0.25, 0.3) is 0 Å². The summed E-state index contributed by atoms with van der Waals surface area (Å²) in [6, 6.07) is 0. The van der Waals surface area contributed by atoms with Crippen molar-refractivity contribution in [3.63, 3.8) is 0 Å². The molecular formula is C14H27N.